The van der Waals surface area contributed by atoms with Crippen LogP contribution >= 0.6 is 11.6 Å². The van der Waals surface area contributed by atoms with Crippen molar-refractivity contribution < 1.29 is 19.1 Å². The molecule has 2 N–H and O–H groups in total. The average molecular weight is 365 g/mol. The van der Waals surface area contributed by atoms with Crippen LogP contribution in [-0.2, 0) is 19.1 Å². The van der Waals surface area contributed by atoms with E-state index < -0.39 is 0 Å². The number of carbonyl (C=O) groups is 2. The third-order valence-electron chi connectivity index (χ3n) is 3.14. The zero-order chi connectivity index (χ0) is 18.0. The van der Waals surface area contributed by atoms with Gasteiger partial charge < -0.3 is 20.1 Å². The lowest BCUT2D eigenvalue weighted by Crippen LogP contribution is -2.32. The maximum absolute atomic E-state index is 11.5. The lowest BCUT2D eigenvalue weighted by molar-refractivity contribution is -0.126. The molecular weight excluding hydrogens is 332 g/mol. The van der Waals surface area contributed by atoms with E-state index >= 15 is 0 Å². The highest BCUT2D eigenvalue weighted by Crippen LogP contribution is 2.01. The van der Waals surface area contributed by atoms with Crippen molar-refractivity contribution in [3.8, 4) is 0 Å². The fourth-order valence-electron chi connectivity index (χ4n) is 1.95. The summed E-state index contributed by atoms with van der Waals surface area (Å²) < 4.78 is 10.8. The maximum atomic E-state index is 11.5. The molecule has 0 unspecified atom stereocenters. The molecule has 2 amide bonds. The first-order valence-electron chi connectivity index (χ1n) is 8.83. The predicted molar refractivity (Wildman–Crippen MR) is 96.3 cm³/mol. The minimum Gasteiger partial charge on any atom is -0.379 e. The molecule has 0 heterocycles. The third-order valence-corrected chi connectivity index (χ3v) is 3.41. The Labute approximate surface area is 151 Å². The molecule has 0 aliphatic heterocycles. The zero-order valence-electron chi connectivity index (χ0n) is 15.1. The molecule has 0 aromatic heterocycles. The average Bonchev–Trinajstić information content (AvgIpc) is 2.53. The number of unbranched alkanes of at least 4 members (excludes halogenated alkanes) is 3. The second-order valence-electron chi connectivity index (χ2n) is 5.90. The first-order chi connectivity index (χ1) is 11.6. The van der Waals surface area contributed by atoms with Gasteiger partial charge in [-0.15, -0.1) is 11.6 Å². The van der Waals surface area contributed by atoms with Crippen LogP contribution in [0.4, 0.5) is 0 Å². The molecule has 0 fully saturated rings. The summed E-state index contributed by atoms with van der Waals surface area (Å²) in [6, 6.07) is 0.0989. The molecule has 6 nitrogen and oxygen atoms in total. The summed E-state index contributed by atoms with van der Waals surface area (Å²) >= 11 is 5.60. The minimum atomic E-state index is -0.134. The summed E-state index contributed by atoms with van der Waals surface area (Å²) in [5.74, 6) is 0.498. The minimum absolute atomic E-state index is 0.0989. The van der Waals surface area contributed by atoms with Gasteiger partial charge in [-0.05, 0) is 26.7 Å². The van der Waals surface area contributed by atoms with Crippen LogP contribution < -0.4 is 10.6 Å². The Morgan fingerprint density at radius 1 is 0.875 bits per heavy atom. The Kier molecular flexibility index (Phi) is 16.4. The van der Waals surface area contributed by atoms with Crippen molar-refractivity contribution >= 4 is 23.4 Å². The Balaban J connectivity index is 3.26. The third kappa shape index (κ3) is 17.5. The van der Waals surface area contributed by atoms with Gasteiger partial charge in [-0.2, -0.15) is 0 Å². The van der Waals surface area contributed by atoms with Crippen molar-refractivity contribution in [1.82, 2.24) is 10.6 Å². The summed E-state index contributed by atoms with van der Waals surface area (Å²) in [5, 5.41) is 5.48. The Morgan fingerprint density at radius 3 is 2.17 bits per heavy atom. The van der Waals surface area contributed by atoms with Crippen molar-refractivity contribution in [3.63, 3.8) is 0 Å². The summed E-state index contributed by atoms with van der Waals surface area (Å²) in [6.45, 7) is 6.52. The molecule has 7 heteroatoms. The highest BCUT2D eigenvalue weighted by molar-refractivity contribution is 6.17. The van der Waals surface area contributed by atoms with Gasteiger partial charge in [-0.1, -0.05) is 12.8 Å². The van der Waals surface area contributed by atoms with Crippen molar-refractivity contribution in [3.05, 3.63) is 0 Å². The van der Waals surface area contributed by atoms with Gasteiger partial charge in [-0.25, -0.2) is 0 Å². The fraction of sp³-hybridized carbons (Fsp3) is 0.882. The molecule has 0 spiro atoms. The Hall–Kier alpha value is -0.850. The van der Waals surface area contributed by atoms with Crippen LogP contribution in [0.15, 0.2) is 0 Å². The highest BCUT2D eigenvalue weighted by Gasteiger charge is 2.07. The smallest absolute Gasteiger partial charge is 0.220 e. The summed E-state index contributed by atoms with van der Waals surface area (Å²) in [5.41, 5.74) is 0. The lowest BCUT2D eigenvalue weighted by Gasteiger charge is -2.09. The maximum Gasteiger partial charge on any atom is 0.220 e. The lowest BCUT2D eigenvalue weighted by atomic mass is 10.2. The molecule has 0 saturated heterocycles. The van der Waals surface area contributed by atoms with E-state index in [2.05, 4.69) is 10.6 Å². The number of halogens is 1. The van der Waals surface area contributed by atoms with Gasteiger partial charge in [0.1, 0.15) is 0 Å². The van der Waals surface area contributed by atoms with Crippen molar-refractivity contribution in [1.29, 1.82) is 0 Å². The first kappa shape index (κ1) is 23.1. The summed E-state index contributed by atoms with van der Waals surface area (Å²) in [6.07, 6.45) is 4.84. The Bertz CT molecular complexity index is 328. The second-order valence-corrected chi connectivity index (χ2v) is 6.28. The zero-order valence-corrected chi connectivity index (χ0v) is 15.8. The van der Waals surface area contributed by atoms with Crippen LogP contribution in [-0.4, -0.2) is 56.7 Å². The van der Waals surface area contributed by atoms with Crippen LogP contribution in [0, 0.1) is 0 Å². The molecule has 0 aromatic rings. The van der Waals surface area contributed by atoms with Gasteiger partial charge in [0.25, 0.3) is 0 Å². The number of rotatable bonds is 16. The van der Waals surface area contributed by atoms with Crippen LogP contribution in [0.3, 0.4) is 0 Å². The largest absolute Gasteiger partial charge is 0.379 e. The molecule has 0 saturated carbocycles. The monoisotopic (exact) mass is 364 g/mol. The molecule has 142 valence electrons. The number of nitrogens with one attached hydrogen (secondary N) is 2. The van der Waals surface area contributed by atoms with Crippen LogP contribution in [0.5, 0.6) is 0 Å². The van der Waals surface area contributed by atoms with E-state index in [-0.39, 0.29) is 30.7 Å². The SMILES string of the molecule is CC(C)NC(=O)CCC(=O)NCCOCCOCCCCCCCl. The van der Waals surface area contributed by atoms with Crippen molar-refractivity contribution in [2.45, 2.75) is 58.4 Å². The number of hydrogen-bond acceptors (Lipinski definition) is 4. The molecule has 0 bridgehead atoms. The second kappa shape index (κ2) is 17.0. The van der Waals surface area contributed by atoms with E-state index in [9.17, 15) is 9.59 Å². The fourth-order valence-corrected chi connectivity index (χ4v) is 2.14. The van der Waals surface area contributed by atoms with E-state index in [1.54, 1.807) is 0 Å². The van der Waals surface area contributed by atoms with Crippen molar-refractivity contribution in [2.24, 2.45) is 0 Å². The first-order valence-corrected chi connectivity index (χ1v) is 9.37. The topological polar surface area (TPSA) is 76.7 Å². The Morgan fingerprint density at radius 2 is 1.50 bits per heavy atom. The van der Waals surface area contributed by atoms with Gasteiger partial charge in [0, 0.05) is 37.9 Å². The molecular formula is C17H33ClN2O4. The highest BCUT2D eigenvalue weighted by atomic mass is 35.5. The summed E-state index contributed by atoms with van der Waals surface area (Å²) in [7, 11) is 0. The van der Waals surface area contributed by atoms with Gasteiger partial charge in [0.2, 0.25) is 11.8 Å². The number of alkyl halides is 1. The van der Waals surface area contributed by atoms with Gasteiger partial charge in [0.15, 0.2) is 0 Å². The standard InChI is InChI=1S/C17H33ClN2O4/c1-15(2)20-17(22)8-7-16(21)19-10-12-24-14-13-23-11-6-4-3-5-9-18/h15H,3-14H2,1-2H3,(H,19,21)(H,20,22). The van der Waals surface area contributed by atoms with Crippen LogP contribution in [0.1, 0.15) is 52.4 Å². The van der Waals surface area contributed by atoms with Crippen LogP contribution in [0.2, 0.25) is 0 Å². The van der Waals surface area contributed by atoms with Crippen molar-refractivity contribution in [2.75, 3.05) is 38.9 Å². The van der Waals surface area contributed by atoms with E-state index in [0.29, 0.717) is 26.4 Å². The van der Waals surface area contributed by atoms with E-state index in [4.69, 9.17) is 21.1 Å². The molecule has 0 aliphatic carbocycles. The van der Waals surface area contributed by atoms with E-state index in [1.165, 1.54) is 0 Å². The molecule has 24 heavy (non-hydrogen) atoms. The van der Waals surface area contributed by atoms with E-state index in [1.807, 2.05) is 13.8 Å². The van der Waals surface area contributed by atoms with Gasteiger partial charge >= 0.3 is 0 Å². The number of ether oxygens (including phenoxy) is 2. The molecule has 0 radical (unpaired) electrons. The normalized spacial score (nSPS) is 10.8. The molecule has 0 rings (SSSR count). The van der Waals surface area contributed by atoms with Gasteiger partial charge in [-0.3, -0.25) is 9.59 Å². The number of carbonyl (C=O) groups excluding carboxylic acids is 2. The number of amides is 2. The quantitative estimate of drug-likeness (QED) is 0.325. The molecule has 0 aromatic carbocycles. The summed E-state index contributed by atoms with van der Waals surface area (Å²) in [4.78, 5) is 22.9. The van der Waals surface area contributed by atoms with Gasteiger partial charge in [0.05, 0.1) is 19.8 Å². The predicted octanol–water partition coefficient (Wildman–Crippen LogP) is 2.24. The number of hydrogen-bond donors (Lipinski definition) is 2. The van der Waals surface area contributed by atoms with E-state index in [0.717, 1.165) is 38.2 Å². The van der Waals surface area contributed by atoms with Crippen LogP contribution in [0.25, 0.3) is 0 Å². The molecule has 0 atom stereocenters. The molecule has 0 aliphatic rings.